The normalized spacial score (nSPS) is 18.5. The highest BCUT2D eigenvalue weighted by Gasteiger charge is 2.37. The maximum atomic E-state index is 13.1. The molecular formula is C22H18F3N3O. The van der Waals surface area contributed by atoms with Crippen molar-refractivity contribution in [2.45, 2.75) is 24.6 Å². The Balaban J connectivity index is 1.80. The van der Waals surface area contributed by atoms with Gasteiger partial charge in [0.25, 0.3) is 0 Å². The predicted octanol–water partition coefficient (Wildman–Crippen LogP) is 4.35. The summed E-state index contributed by atoms with van der Waals surface area (Å²) in [6.07, 6.45) is -3.60. The van der Waals surface area contributed by atoms with E-state index in [4.69, 9.17) is 11.5 Å². The number of hydrogen-bond acceptors (Lipinski definition) is 3. The fraction of sp³-hybridized carbons (Fsp3) is 0.182. The summed E-state index contributed by atoms with van der Waals surface area (Å²) in [5.74, 6) is -0.379. The Morgan fingerprint density at radius 2 is 1.69 bits per heavy atom. The Labute approximate surface area is 165 Å². The molecule has 1 saturated carbocycles. The van der Waals surface area contributed by atoms with Crippen LogP contribution in [0.1, 0.15) is 33.8 Å². The maximum absolute atomic E-state index is 13.1. The van der Waals surface area contributed by atoms with Gasteiger partial charge in [-0.3, -0.25) is 4.79 Å². The van der Waals surface area contributed by atoms with Crippen molar-refractivity contribution >= 4 is 5.91 Å². The van der Waals surface area contributed by atoms with E-state index in [-0.39, 0.29) is 12.0 Å². The van der Waals surface area contributed by atoms with Gasteiger partial charge in [-0.25, -0.2) is 4.98 Å². The van der Waals surface area contributed by atoms with Gasteiger partial charge in [0.2, 0.25) is 5.91 Å². The van der Waals surface area contributed by atoms with E-state index in [9.17, 15) is 18.0 Å². The number of carbonyl (C=O) groups excluding carboxylic acids is 1. The zero-order valence-corrected chi connectivity index (χ0v) is 15.3. The molecule has 1 aromatic heterocycles. The lowest BCUT2D eigenvalue weighted by Gasteiger charge is -2.13. The molecule has 0 aliphatic heterocycles. The number of rotatable bonds is 4. The highest BCUT2D eigenvalue weighted by molar-refractivity contribution is 5.93. The second-order valence-corrected chi connectivity index (χ2v) is 7.16. The third-order valence-electron chi connectivity index (χ3n) is 5.09. The van der Waals surface area contributed by atoms with Crippen LogP contribution in [0.2, 0.25) is 0 Å². The van der Waals surface area contributed by atoms with Crippen LogP contribution in [0.3, 0.4) is 0 Å². The first-order valence-corrected chi connectivity index (χ1v) is 9.08. The van der Waals surface area contributed by atoms with E-state index in [0.29, 0.717) is 22.5 Å². The van der Waals surface area contributed by atoms with E-state index in [0.717, 1.165) is 29.7 Å². The van der Waals surface area contributed by atoms with Crippen molar-refractivity contribution < 1.29 is 18.0 Å². The molecular weight excluding hydrogens is 379 g/mol. The van der Waals surface area contributed by atoms with Gasteiger partial charge >= 0.3 is 6.18 Å². The van der Waals surface area contributed by atoms with Gasteiger partial charge in [0.1, 0.15) is 0 Å². The Kier molecular flexibility index (Phi) is 4.62. The average molecular weight is 397 g/mol. The van der Waals surface area contributed by atoms with E-state index in [2.05, 4.69) is 4.98 Å². The Hall–Kier alpha value is -3.19. The molecule has 0 saturated heterocycles. The molecule has 2 unspecified atom stereocenters. The summed E-state index contributed by atoms with van der Waals surface area (Å²) in [5.41, 5.74) is 14.1. The van der Waals surface area contributed by atoms with Crippen LogP contribution in [-0.4, -0.2) is 16.9 Å². The minimum absolute atomic E-state index is 0.0415. The molecule has 0 radical (unpaired) electrons. The molecule has 2 atom stereocenters. The first-order chi connectivity index (χ1) is 13.7. The predicted molar refractivity (Wildman–Crippen MR) is 104 cm³/mol. The number of carbonyl (C=O) groups is 1. The van der Waals surface area contributed by atoms with Crippen LogP contribution in [0.15, 0.2) is 60.7 Å². The molecule has 1 aliphatic carbocycles. The van der Waals surface area contributed by atoms with Crippen LogP contribution >= 0.6 is 0 Å². The summed E-state index contributed by atoms with van der Waals surface area (Å²) in [6, 6.07) is 15.4. The van der Waals surface area contributed by atoms with Gasteiger partial charge in [-0.05, 0) is 42.3 Å². The quantitative estimate of drug-likeness (QED) is 0.687. The first kappa shape index (κ1) is 19.1. The van der Waals surface area contributed by atoms with Gasteiger partial charge < -0.3 is 11.5 Å². The molecule has 3 aromatic rings. The van der Waals surface area contributed by atoms with Crippen molar-refractivity contribution in [1.82, 2.24) is 4.98 Å². The van der Waals surface area contributed by atoms with Crippen molar-refractivity contribution in [2.75, 3.05) is 0 Å². The highest BCUT2D eigenvalue weighted by Crippen LogP contribution is 2.43. The lowest BCUT2D eigenvalue weighted by atomic mass is 9.98. The zero-order valence-electron chi connectivity index (χ0n) is 15.3. The average Bonchev–Trinajstić information content (AvgIpc) is 3.43. The molecule has 0 spiro atoms. The molecule has 0 bridgehead atoms. The van der Waals surface area contributed by atoms with Gasteiger partial charge in [-0.1, -0.05) is 30.3 Å². The van der Waals surface area contributed by atoms with Crippen molar-refractivity contribution in [3.05, 3.63) is 77.4 Å². The van der Waals surface area contributed by atoms with E-state index < -0.39 is 17.6 Å². The summed E-state index contributed by atoms with van der Waals surface area (Å²) in [6.45, 7) is 0. The molecule has 1 aliphatic rings. The SMILES string of the molecule is NC(=O)c1ccc(-c2nc(-c3cccc(C(F)(F)F)c3)ccc2C2CC2N)cc1. The van der Waals surface area contributed by atoms with E-state index >= 15 is 0 Å². The van der Waals surface area contributed by atoms with Crippen LogP contribution in [0.25, 0.3) is 22.5 Å². The van der Waals surface area contributed by atoms with Crippen LogP contribution in [-0.2, 0) is 6.18 Å². The van der Waals surface area contributed by atoms with Crippen molar-refractivity contribution in [2.24, 2.45) is 11.5 Å². The second-order valence-electron chi connectivity index (χ2n) is 7.16. The van der Waals surface area contributed by atoms with Crippen LogP contribution in [0.4, 0.5) is 13.2 Å². The second kappa shape index (κ2) is 7.00. The number of pyridine rings is 1. The molecule has 4 rings (SSSR count). The standard InChI is InChI=1S/C22H18F3N3O/c23-22(24,25)15-3-1-2-14(10-15)19-9-8-16(17-11-18(17)26)20(28-19)12-4-6-13(7-5-12)21(27)29/h1-10,17-18H,11,26H2,(H2,27,29). The van der Waals surface area contributed by atoms with Crippen molar-refractivity contribution in [3.8, 4) is 22.5 Å². The minimum Gasteiger partial charge on any atom is -0.366 e. The molecule has 1 heterocycles. The van der Waals surface area contributed by atoms with E-state index in [1.54, 1.807) is 36.4 Å². The minimum atomic E-state index is -4.43. The molecule has 7 heteroatoms. The van der Waals surface area contributed by atoms with Gasteiger partial charge in [0, 0.05) is 28.7 Å². The maximum Gasteiger partial charge on any atom is 0.416 e. The summed E-state index contributed by atoms with van der Waals surface area (Å²) < 4.78 is 39.2. The third kappa shape index (κ3) is 3.86. The lowest BCUT2D eigenvalue weighted by molar-refractivity contribution is -0.137. The highest BCUT2D eigenvalue weighted by atomic mass is 19.4. The number of amides is 1. The fourth-order valence-corrected chi connectivity index (χ4v) is 3.38. The number of benzene rings is 2. The molecule has 4 N–H and O–H groups in total. The summed E-state index contributed by atoms with van der Waals surface area (Å²) in [4.78, 5) is 16.0. The summed E-state index contributed by atoms with van der Waals surface area (Å²) in [5, 5.41) is 0. The Morgan fingerprint density at radius 3 is 2.28 bits per heavy atom. The molecule has 4 nitrogen and oxygen atoms in total. The number of nitrogens with zero attached hydrogens (tertiary/aromatic N) is 1. The number of hydrogen-bond donors (Lipinski definition) is 2. The molecule has 1 fully saturated rings. The Morgan fingerprint density at radius 1 is 1.00 bits per heavy atom. The van der Waals surface area contributed by atoms with Gasteiger partial charge in [-0.15, -0.1) is 0 Å². The van der Waals surface area contributed by atoms with Crippen molar-refractivity contribution in [3.63, 3.8) is 0 Å². The van der Waals surface area contributed by atoms with E-state index in [1.165, 1.54) is 6.07 Å². The van der Waals surface area contributed by atoms with Gasteiger partial charge in [-0.2, -0.15) is 13.2 Å². The number of primary amides is 1. The first-order valence-electron chi connectivity index (χ1n) is 9.08. The molecule has 148 valence electrons. The van der Waals surface area contributed by atoms with Crippen LogP contribution in [0, 0.1) is 0 Å². The molecule has 29 heavy (non-hydrogen) atoms. The van der Waals surface area contributed by atoms with Crippen LogP contribution in [0.5, 0.6) is 0 Å². The Bertz CT molecular complexity index is 1080. The van der Waals surface area contributed by atoms with E-state index in [1.807, 2.05) is 6.07 Å². The number of alkyl halides is 3. The van der Waals surface area contributed by atoms with Crippen LogP contribution < -0.4 is 11.5 Å². The molecule has 1 amide bonds. The lowest BCUT2D eigenvalue weighted by Crippen LogP contribution is -2.10. The number of halogens is 3. The zero-order chi connectivity index (χ0) is 20.8. The third-order valence-corrected chi connectivity index (χ3v) is 5.09. The topological polar surface area (TPSA) is 82.0 Å². The monoisotopic (exact) mass is 397 g/mol. The largest absolute Gasteiger partial charge is 0.416 e. The fourth-order valence-electron chi connectivity index (χ4n) is 3.38. The summed E-state index contributed by atoms with van der Waals surface area (Å²) >= 11 is 0. The number of nitrogens with two attached hydrogens (primary N) is 2. The number of aromatic nitrogens is 1. The van der Waals surface area contributed by atoms with Gasteiger partial charge in [0.15, 0.2) is 0 Å². The smallest absolute Gasteiger partial charge is 0.366 e. The van der Waals surface area contributed by atoms with Crippen molar-refractivity contribution in [1.29, 1.82) is 0 Å². The summed E-state index contributed by atoms with van der Waals surface area (Å²) in [7, 11) is 0. The molecule has 2 aromatic carbocycles. The van der Waals surface area contributed by atoms with Gasteiger partial charge in [0.05, 0.1) is 17.0 Å².